The van der Waals surface area contributed by atoms with Crippen molar-refractivity contribution >= 4 is 5.91 Å². The van der Waals surface area contributed by atoms with Crippen LogP contribution < -0.4 is 15.2 Å². The molecule has 0 aliphatic carbocycles. The van der Waals surface area contributed by atoms with Crippen molar-refractivity contribution in [3.05, 3.63) is 54.1 Å². The molecule has 3 rings (SSSR count). The van der Waals surface area contributed by atoms with Gasteiger partial charge in [-0.1, -0.05) is 12.1 Å². The van der Waals surface area contributed by atoms with Crippen LogP contribution in [0.3, 0.4) is 0 Å². The number of hydrogen-bond acceptors (Lipinski definition) is 5. The minimum Gasteiger partial charge on any atom is -0.508 e. The monoisotopic (exact) mass is 400 g/mol. The molecule has 1 amide bonds. The Kier molecular flexibility index (Phi) is 9.86. The molecule has 0 aromatic heterocycles. The predicted octanol–water partition coefficient (Wildman–Crippen LogP) is 3.37. The zero-order valence-corrected chi connectivity index (χ0v) is 17.2. The van der Waals surface area contributed by atoms with E-state index in [1.165, 1.54) is 44.5 Å². The van der Waals surface area contributed by atoms with Crippen molar-refractivity contribution in [2.24, 2.45) is 5.73 Å². The summed E-state index contributed by atoms with van der Waals surface area (Å²) in [6.07, 6.45) is 5.33. The van der Waals surface area contributed by atoms with Crippen LogP contribution in [0.1, 0.15) is 31.2 Å². The Bertz CT molecular complexity index is 711. The zero-order valence-electron chi connectivity index (χ0n) is 17.2. The van der Waals surface area contributed by atoms with Gasteiger partial charge < -0.3 is 25.2 Å². The number of methoxy groups -OCH3 is 1. The highest BCUT2D eigenvalue weighted by Crippen LogP contribution is 2.17. The normalized spacial score (nSPS) is 13.4. The largest absolute Gasteiger partial charge is 0.508 e. The summed E-state index contributed by atoms with van der Waals surface area (Å²) in [6, 6.07) is 14.7. The van der Waals surface area contributed by atoms with E-state index >= 15 is 0 Å². The number of hydrogen-bond donors (Lipinski definition) is 2. The average Bonchev–Trinajstić information content (AvgIpc) is 3.24. The summed E-state index contributed by atoms with van der Waals surface area (Å²) in [5.74, 6) is 1.47. The molecule has 0 atom stereocenters. The van der Waals surface area contributed by atoms with Crippen molar-refractivity contribution in [1.82, 2.24) is 4.90 Å². The Morgan fingerprint density at radius 1 is 1.03 bits per heavy atom. The number of amides is 1. The first-order valence-corrected chi connectivity index (χ1v) is 10.1. The lowest BCUT2D eigenvalue weighted by Crippen LogP contribution is -2.20. The van der Waals surface area contributed by atoms with Crippen LogP contribution in [0.25, 0.3) is 0 Å². The summed E-state index contributed by atoms with van der Waals surface area (Å²) in [7, 11) is 1.60. The van der Waals surface area contributed by atoms with Crippen molar-refractivity contribution in [3.63, 3.8) is 0 Å². The van der Waals surface area contributed by atoms with Gasteiger partial charge in [0, 0.05) is 0 Å². The van der Waals surface area contributed by atoms with Gasteiger partial charge in [-0.25, -0.2) is 0 Å². The van der Waals surface area contributed by atoms with Crippen LogP contribution in [0, 0.1) is 0 Å². The number of benzene rings is 2. The molecule has 158 valence electrons. The van der Waals surface area contributed by atoms with Crippen molar-refractivity contribution in [3.8, 4) is 17.2 Å². The quantitative estimate of drug-likeness (QED) is 0.674. The number of primary amides is 1. The fraction of sp³-hybridized carbons (Fsp3) is 0.435. The highest BCUT2D eigenvalue weighted by molar-refractivity contribution is 5.73. The molecular weight excluding hydrogens is 368 g/mol. The number of carbonyl (C=O) groups is 1. The third kappa shape index (κ3) is 9.34. The number of ether oxygens (including phenoxy) is 2. The Morgan fingerprint density at radius 3 is 2.24 bits per heavy atom. The lowest BCUT2D eigenvalue weighted by Gasteiger charge is -2.13. The fourth-order valence-corrected chi connectivity index (χ4v) is 3.12. The standard InChI is InChI=1S/C13H19NO.C10H13NO3/c15-13-7-5-12(6-8-13)4-3-11-14-9-1-2-10-14;1-13-8-2-4-9(5-3-8)14-7-6-10(11)12/h5-8,15H,1-4,9-11H2;2-5H,6-7H2,1H3,(H2,11,12). The van der Waals surface area contributed by atoms with E-state index in [2.05, 4.69) is 4.90 Å². The van der Waals surface area contributed by atoms with E-state index < -0.39 is 0 Å². The molecule has 1 heterocycles. The van der Waals surface area contributed by atoms with Gasteiger partial charge in [0.2, 0.25) is 5.91 Å². The van der Waals surface area contributed by atoms with Gasteiger partial charge in [0.15, 0.2) is 0 Å². The molecule has 2 aromatic carbocycles. The molecule has 0 spiro atoms. The molecule has 0 unspecified atom stereocenters. The van der Waals surface area contributed by atoms with Crippen LogP contribution in [-0.2, 0) is 11.2 Å². The van der Waals surface area contributed by atoms with Gasteiger partial charge in [-0.15, -0.1) is 0 Å². The van der Waals surface area contributed by atoms with Gasteiger partial charge >= 0.3 is 0 Å². The van der Waals surface area contributed by atoms with Crippen LogP contribution in [-0.4, -0.2) is 49.3 Å². The third-order valence-corrected chi connectivity index (χ3v) is 4.75. The van der Waals surface area contributed by atoms with Crippen molar-refractivity contribution < 1.29 is 19.4 Å². The van der Waals surface area contributed by atoms with Crippen molar-refractivity contribution in [2.75, 3.05) is 33.4 Å². The van der Waals surface area contributed by atoms with Crippen LogP contribution in [0.15, 0.2) is 48.5 Å². The number of nitrogens with zero attached hydrogens (tertiary/aromatic N) is 1. The molecule has 3 N–H and O–H groups in total. The Labute approximate surface area is 173 Å². The van der Waals surface area contributed by atoms with E-state index in [1.807, 2.05) is 12.1 Å². The highest BCUT2D eigenvalue weighted by Gasteiger charge is 2.10. The second kappa shape index (κ2) is 12.7. The fourth-order valence-electron chi connectivity index (χ4n) is 3.12. The zero-order chi connectivity index (χ0) is 20.9. The maximum absolute atomic E-state index is 10.4. The average molecular weight is 401 g/mol. The molecule has 6 nitrogen and oxygen atoms in total. The molecule has 1 fully saturated rings. The highest BCUT2D eigenvalue weighted by atomic mass is 16.5. The molecule has 1 saturated heterocycles. The van der Waals surface area contributed by atoms with Crippen molar-refractivity contribution in [2.45, 2.75) is 32.1 Å². The maximum Gasteiger partial charge on any atom is 0.220 e. The first kappa shape index (κ1) is 22.6. The molecule has 6 heteroatoms. The molecule has 2 aromatic rings. The van der Waals surface area contributed by atoms with E-state index in [1.54, 1.807) is 43.5 Å². The predicted molar refractivity (Wildman–Crippen MR) is 114 cm³/mol. The van der Waals surface area contributed by atoms with Gasteiger partial charge in [-0.05, 0) is 87.3 Å². The molecule has 0 saturated carbocycles. The van der Waals surface area contributed by atoms with Crippen LogP contribution in [0.2, 0.25) is 0 Å². The van der Waals surface area contributed by atoms with Crippen LogP contribution in [0.5, 0.6) is 17.2 Å². The molecular formula is C23H32N2O4. The molecule has 1 aliphatic heterocycles. The summed E-state index contributed by atoms with van der Waals surface area (Å²) in [5, 5.41) is 9.15. The molecule has 29 heavy (non-hydrogen) atoms. The summed E-state index contributed by atoms with van der Waals surface area (Å²) in [4.78, 5) is 13.0. The molecule has 0 bridgehead atoms. The lowest BCUT2D eigenvalue weighted by molar-refractivity contribution is -0.118. The first-order chi connectivity index (χ1) is 14.1. The number of carbonyl (C=O) groups excluding carboxylic acids is 1. The summed E-state index contributed by atoms with van der Waals surface area (Å²) >= 11 is 0. The van der Waals surface area contributed by atoms with Crippen LogP contribution in [0.4, 0.5) is 0 Å². The van der Waals surface area contributed by atoms with E-state index in [0.29, 0.717) is 18.1 Å². The second-order valence-corrected chi connectivity index (χ2v) is 7.06. The number of rotatable bonds is 9. The SMILES string of the molecule is COc1ccc(OCCC(N)=O)cc1.Oc1ccc(CCCN2CCCC2)cc1. The van der Waals surface area contributed by atoms with Crippen LogP contribution >= 0.6 is 0 Å². The minimum atomic E-state index is -0.362. The number of aryl methyl sites for hydroxylation is 1. The van der Waals surface area contributed by atoms with E-state index in [-0.39, 0.29) is 12.3 Å². The number of aromatic hydroxyl groups is 1. The topological polar surface area (TPSA) is 85.0 Å². The number of phenols is 1. The van der Waals surface area contributed by atoms with Gasteiger partial charge in [-0.2, -0.15) is 0 Å². The number of phenolic OH excluding ortho intramolecular Hbond substituents is 1. The Hall–Kier alpha value is -2.73. The van der Waals surface area contributed by atoms with E-state index in [4.69, 9.17) is 20.3 Å². The Balaban J connectivity index is 0.000000208. The van der Waals surface area contributed by atoms with E-state index in [0.717, 1.165) is 12.2 Å². The third-order valence-electron chi connectivity index (χ3n) is 4.75. The lowest BCUT2D eigenvalue weighted by atomic mass is 10.1. The second-order valence-electron chi connectivity index (χ2n) is 7.06. The molecule has 1 aliphatic rings. The van der Waals surface area contributed by atoms with E-state index in [9.17, 15) is 4.79 Å². The Morgan fingerprint density at radius 2 is 1.66 bits per heavy atom. The maximum atomic E-state index is 10.4. The smallest absolute Gasteiger partial charge is 0.220 e. The van der Waals surface area contributed by atoms with Gasteiger partial charge in [-0.3, -0.25) is 4.79 Å². The summed E-state index contributed by atoms with van der Waals surface area (Å²) in [5.41, 5.74) is 6.29. The summed E-state index contributed by atoms with van der Waals surface area (Å²) in [6.45, 7) is 4.10. The van der Waals surface area contributed by atoms with Gasteiger partial charge in [0.05, 0.1) is 20.1 Å². The van der Waals surface area contributed by atoms with Gasteiger partial charge in [0.1, 0.15) is 17.2 Å². The molecule has 0 radical (unpaired) electrons. The minimum absolute atomic E-state index is 0.228. The first-order valence-electron chi connectivity index (χ1n) is 10.1. The number of likely N-dealkylation sites (tertiary alicyclic amines) is 1. The van der Waals surface area contributed by atoms with Gasteiger partial charge in [0.25, 0.3) is 0 Å². The summed E-state index contributed by atoms with van der Waals surface area (Å²) < 4.78 is 10.2. The number of nitrogens with two attached hydrogens (primary N) is 1. The van der Waals surface area contributed by atoms with Crippen molar-refractivity contribution in [1.29, 1.82) is 0 Å².